The van der Waals surface area contributed by atoms with E-state index >= 15 is 0 Å². The second kappa shape index (κ2) is 10.2. The van der Waals surface area contributed by atoms with E-state index in [2.05, 4.69) is 26.0 Å². The summed E-state index contributed by atoms with van der Waals surface area (Å²) in [6.45, 7) is 4.59. The highest BCUT2D eigenvalue weighted by Gasteiger charge is 2.32. The summed E-state index contributed by atoms with van der Waals surface area (Å²) in [4.78, 5) is 24.2. The molecule has 1 amide bonds. The van der Waals surface area contributed by atoms with Gasteiger partial charge in [-0.2, -0.15) is 4.98 Å². The highest BCUT2D eigenvalue weighted by molar-refractivity contribution is 5.79. The van der Waals surface area contributed by atoms with Crippen LogP contribution < -0.4 is 19.3 Å². The van der Waals surface area contributed by atoms with Gasteiger partial charge in [-0.25, -0.2) is 0 Å². The van der Waals surface area contributed by atoms with Crippen LogP contribution in [0.5, 0.6) is 11.5 Å². The normalized spacial score (nSPS) is 16.9. The largest absolute Gasteiger partial charge is 0.497 e. The Bertz CT molecular complexity index is 1130. The molecule has 2 aliphatic heterocycles. The topological polar surface area (TPSA) is 84.2 Å². The number of piperazine rings is 1. The number of carbonyl (C=O) groups is 1. The molecular formula is C26H31N5O4. The molecule has 9 nitrogen and oxygen atoms in total. The molecule has 5 rings (SSSR count). The molecule has 0 aliphatic carbocycles. The van der Waals surface area contributed by atoms with Crippen molar-refractivity contribution in [2.24, 2.45) is 5.92 Å². The molecule has 35 heavy (non-hydrogen) atoms. The molecule has 3 heterocycles. The molecule has 0 bridgehead atoms. The second-order valence-electron chi connectivity index (χ2n) is 8.90. The lowest BCUT2D eigenvalue weighted by Crippen LogP contribution is -2.51. The molecule has 2 saturated heterocycles. The first kappa shape index (κ1) is 23.0. The second-order valence-corrected chi connectivity index (χ2v) is 8.90. The maximum Gasteiger partial charge on any atom is 0.324 e. The molecular weight excluding hydrogens is 446 g/mol. The van der Waals surface area contributed by atoms with Crippen LogP contribution in [-0.2, 0) is 4.79 Å². The third kappa shape index (κ3) is 5.03. The van der Waals surface area contributed by atoms with Gasteiger partial charge in [-0.05, 0) is 49.2 Å². The van der Waals surface area contributed by atoms with Gasteiger partial charge in [0.25, 0.3) is 0 Å². The summed E-state index contributed by atoms with van der Waals surface area (Å²) in [5.74, 6) is 2.49. The van der Waals surface area contributed by atoms with Crippen molar-refractivity contribution < 1.29 is 18.8 Å². The maximum atomic E-state index is 13.2. The average Bonchev–Trinajstić information content (AvgIpc) is 3.43. The van der Waals surface area contributed by atoms with E-state index in [0.29, 0.717) is 11.8 Å². The molecule has 0 radical (unpaired) electrons. The highest BCUT2D eigenvalue weighted by Crippen LogP contribution is 2.28. The van der Waals surface area contributed by atoms with Gasteiger partial charge in [-0.3, -0.25) is 4.79 Å². The van der Waals surface area contributed by atoms with Gasteiger partial charge < -0.3 is 28.7 Å². The number of amides is 1. The number of rotatable bonds is 6. The van der Waals surface area contributed by atoms with Crippen LogP contribution in [0.3, 0.4) is 0 Å². The van der Waals surface area contributed by atoms with Crippen LogP contribution in [0.1, 0.15) is 12.8 Å². The molecule has 0 saturated carbocycles. The SMILES string of the molecule is COc1ccc(-c2noc(N3CCC(C(=O)N4CCN(c5cccc(OC)c5)CC4)CC3)n2)cc1. The third-order valence-electron chi connectivity index (χ3n) is 6.89. The summed E-state index contributed by atoms with van der Waals surface area (Å²) in [6, 6.07) is 16.2. The number of nitrogens with zero attached hydrogens (tertiary/aromatic N) is 5. The Morgan fingerprint density at radius 3 is 2.29 bits per heavy atom. The maximum absolute atomic E-state index is 13.2. The molecule has 1 aromatic heterocycles. The molecule has 0 N–H and O–H groups in total. The van der Waals surface area contributed by atoms with Gasteiger partial charge in [0.05, 0.1) is 14.2 Å². The zero-order chi connectivity index (χ0) is 24.2. The fraction of sp³-hybridized carbons (Fsp3) is 0.423. The molecule has 0 atom stereocenters. The van der Waals surface area contributed by atoms with Crippen molar-refractivity contribution in [3.63, 3.8) is 0 Å². The van der Waals surface area contributed by atoms with E-state index in [1.54, 1.807) is 14.2 Å². The molecule has 2 aliphatic rings. The first-order valence-electron chi connectivity index (χ1n) is 12.1. The number of carbonyl (C=O) groups excluding carboxylic acids is 1. The first-order valence-corrected chi connectivity index (χ1v) is 12.1. The van der Waals surface area contributed by atoms with Crippen molar-refractivity contribution in [3.05, 3.63) is 48.5 Å². The van der Waals surface area contributed by atoms with Gasteiger partial charge in [-0.1, -0.05) is 11.2 Å². The number of hydrogen-bond donors (Lipinski definition) is 0. The molecule has 2 aromatic carbocycles. The van der Waals surface area contributed by atoms with Gasteiger partial charge in [0, 0.05) is 62.5 Å². The molecule has 9 heteroatoms. The molecule has 2 fully saturated rings. The van der Waals surface area contributed by atoms with E-state index < -0.39 is 0 Å². The van der Waals surface area contributed by atoms with Gasteiger partial charge in [0.2, 0.25) is 11.7 Å². The number of piperidine rings is 1. The minimum atomic E-state index is 0.0404. The van der Waals surface area contributed by atoms with Crippen LogP contribution in [0.4, 0.5) is 11.7 Å². The Balaban J connectivity index is 1.12. The number of hydrogen-bond acceptors (Lipinski definition) is 8. The minimum absolute atomic E-state index is 0.0404. The van der Waals surface area contributed by atoms with Crippen molar-refractivity contribution in [2.45, 2.75) is 12.8 Å². The van der Waals surface area contributed by atoms with Crippen LogP contribution in [0, 0.1) is 5.92 Å². The molecule has 3 aromatic rings. The zero-order valence-electron chi connectivity index (χ0n) is 20.2. The number of methoxy groups -OCH3 is 2. The van der Waals surface area contributed by atoms with Crippen LogP contribution in [0.25, 0.3) is 11.4 Å². The van der Waals surface area contributed by atoms with Crippen molar-refractivity contribution in [3.8, 4) is 22.9 Å². The molecule has 0 unspecified atom stereocenters. The Morgan fingerprint density at radius 2 is 1.60 bits per heavy atom. The monoisotopic (exact) mass is 477 g/mol. The standard InChI is InChI=1S/C26H31N5O4/c1-33-22-8-6-19(7-9-22)24-27-26(35-28-24)31-12-10-20(11-13-31)25(32)30-16-14-29(15-17-30)21-4-3-5-23(18-21)34-2/h3-9,18,20H,10-17H2,1-2H3. The number of ether oxygens (including phenoxy) is 2. The van der Waals surface area contributed by atoms with E-state index in [1.165, 1.54) is 0 Å². The number of benzene rings is 2. The van der Waals surface area contributed by atoms with Gasteiger partial charge in [-0.15, -0.1) is 0 Å². The third-order valence-corrected chi connectivity index (χ3v) is 6.89. The molecule has 0 spiro atoms. The van der Waals surface area contributed by atoms with Crippen molar-refractivity contribution >= 4 is 17.6 Å². The lowest BCUT2D eigenvalue weighted by molar-refractivity contribution is -0.136. The van der Waals surface area contributed by atoms with E-state index in [-0.39, 0.29) is 11.8 Å². The van der Waals surface area contributed by atoms with Crippen molar-refractivity contribution in [2.75, 3.05) is 63.3 Å². The van der Waals surface area contributed by atoms with E-state index in [0.717, 1.165) is 74.9 Å². The quantitative estimate of drug-likeness (QED) is 0.535. The zero-order valence-corrected chi connectivity index (χ0v) is 20.2. The Labute approximate surface area is 205 Å². The smallest absolute Gasteiger partial charge is 0.324 e. The summed E-state index contributed by atoms with van der Waals surface area (Å²) < 4.78 is 16.1. The lowest BCUT2D eigenvalue weighted by Gasteiger charge is -2.39. The molecule has 184 valence electrons. The van der Waals surface area contributed by atoms with Crippen LogP contribution >= 0.6 is 0 Å². The number of aromatic nitrogens is 2. The van der Waals surface area contributed by atoms with Gasteiger partial charge in [0.1, 0.15) is 11.5 Å². The summed E-state index contributed by atoms with van der Waals surface area (Å²) in [6.07, 6.45) is 1.57. The van der Waals surface area contributed by atoms with Crippen LogP contribution in [0.15, 0.2) is 53.1 Å². The minimum Gasteiger partial charge on any atom is -0.497 e. The lowest BCUT2D eigenvalue weighted by atomic mass is 9.95. The van der Waals surface area contributed by atoms with Crippen molar-refractivity contribution in [1.29, 1.82) is 0 Å². The fourth-order valence-corrected chi connectivity index (χ4v) is 4.77. The number of anilines is 2. The summed E-state index contributed by atoms with van der Waals surface area (Å²) >= 11 is 0. The summed E-state index contributed by atoms with van der Waals surface area (Å²) in [5, 5.41) is 4.13. The van der Waals surface area contributed by atoms with E-state index in [1.807, 2.05) is 47.4 Å². The highest BCUT2D eigenvalue weighted by atomic mass is 16.5. The first-order chi connectivity index (χ1) is 17.1. The Morgan fingerprint density at radius 1 is 0.886 bits per heavy atom. The van der Waals surface area contributed by atoms with E-state index in [4.69, 9.17) is 14.0 Å². The predicted molar refractivity (Wildman–Crippen MR) is 133 cm³/mol. The predicted octanol–water partition coefficient (Wildman–Crippen LogP) is 3.32. The Hall–Kier alpha value is -3.75. The Kier molecular flexibility index (Phi) is 6.74. The van der Waals surface area contributed by atoms with Crippen LogP contribution in [-0.4, -0.2) is 74.4 Å². The van der Waals surface area contributed by atoms with Gasteiger partial charge >= 0.3 is 6.01 Å². The fourth-order valence-electron chi connectivity index (χ4n) is 4.77. The van der Waals surface area contributed by atoms with Crippen LogP contribution in [0.2, 0.25) is 0 Å². The summed E-state index contributed by atoms with van der Waals surface area (Å²) in [7, 11) is 3.32. The van der Waals surface area contributed by atoms with Gasteiger partial charge in [0.15, 0.2) is 0 Å². The van der Waals surface area contributed by atoms with E-state index in [9.17, 15) is 4.79 Å². The summed E-state index contributed by atoms with van der Waals surface area (Å²) in [5.41, 5.74) is 2.01. The van der Waals surface area contributed by atoms with Crippen molar-refractivity contribution in [1.82, 2.24) is 15.0 Å². The average molecular weight is 478 g/mol.